The minimum absolute atomic E-state index is 0.0661. The summed E-state index contributed by atoms with van der Waals surface area (Å²) < 4.78 is 57.2. The number of aliphatic hydroxyl groups is 4. The van der Waals surface area contributed by atoms with Crippen LogP contribution >= 0.6 is 15.6 Å². The first-order valence-corrected chi connectivity index (χ1v) is 27.0. The van der Waals surface area contributed by atoms with Crippen LogP contribution in [-0.4, -0.2) is 213 Å². The van der Waals surface area contributed by atoms with Gasteiger partial charge in [0.15, 0.2) is 18.6 Å². The topological polar surface area (TPSA) is 580 Å². The van der Waals surface area contributed by atoms with Gasteiger partial charge in [0.2, 0.25) is 35.4 Å². The Morgan fingerprint density at radius 1 is 0.738 bits per heavy atom. The molecule has 2 unspecified atom stereocenters. The molecule has 0 saturated carbocycles. The molecule has 3 heterocycles. The molecule has 2 aliphatic rings. The van der Waals surface area contributed by atoms with E-state index < -0.39 is 204 Å². The van der Waals surface area contributed by atoms with E-state index in [1.807, 2.05) is 4.98 Å². The number of aromatic amines is 1. The quantitative estimate of drug-likeness (QED) is 0.0307. The summed E-state index contributed by atoms with van der Waals surface area (Å²) in [6.45, 7) is 3.02. The van der Waals surface area contributed by atoms with Gasteiger partial charge < -0.3 is 97.4 Å². The summed E-state index contributed by atoms with van der Waals surface area (Å²) in [6.07, 6.45) is -18.2. The van der Waals surface area contributed by atoms with E-state index in [1.165, 1.54) is 6.92 Å². The van der Waals surface area contributed by atoms with Crippen molar-refractivity contribution in [2.45, 2.75) is 164 Å². The van der Waals surface area contributed by atoms with Crippen molar-refractivity contribution in [3.8, 4) is 0 Å². The van der Waals surface area contributed by atoms with E-state index in [9.17, 15) is 102 Å². The van der Waals surface area contributed by atoms with Gasteiger partial charge in [0.05, 0.1) is 13.2 Å². The normalized spacial score (nSPS) is 26.0. The van der Waals surface area contributed by atoms with Crippen LogP contribution in [0.4, 0.5) is 0 Å². The predicted molar refractivity (Wildman–Crippen MR) is 258 cm³/mol. The maximum absolute atomic E-state index is 13.7. The number of ether oxygens (including phenoxy) is 3. The maximum Gasteiger partial charge on any atom is 0.483 e. The third-order valence-corrected chi connectivity index (χ3v) is 14.4. The first kappa shape index (κ1) is 68.1. The standard InChI is InChI=1S/C41H65N9O28P2/c1-15(32(59)45-17(3)38(64)65)44-35(62)21(8-6-7-20(42)39(66)67)48-36(63)22(9-10-26(54)55)47-33(60)16(2)43-34(61)18(4)74-31-27(46-19(5)52)40(76-23(13-51)29(31)57)77-80(71,72)78-79(69,70)73-14-24-28(56)30(58)37(75-24)50-12-11-25(53)49-41(50)68/h11-12,15-18,20-24,27-31,37,40,51,56-58H,6-10,13-14,42H2,1-5H3,(H,43,61)(H,44,62)(H,45,59)(H,46,52)(H,47,60)(H,48,63)(H,54,55)(H,64,65)(H,66,67)(H,69,70)(H,71,72)(H,49,53,68)/p+1/t15-,16+,17-,18-,20-,21+,22-,23-,24-,27-,28-,29-,30-,31-,37-,40+/m1/s1. The molecule has 6 amide bonds. The van der Waals surface area contributed by atoms with Crippen LogP contribution in [0.2, 0.25) is 0 Å². The second-order valence-corrected chi connectivity index (χ2v) is 21.2. The number of carboxylic acid groups (broad SMARTS) is 3. The van der Waals surface area contributed by atoms with E-state index in [4.69, 9.17) is 23.8 Å². The highest BCUT2D eigenvalue weighted by atomic mass is 31.3. The van der Waals surface area contributed by atoms with E-state index in [0.29, 0.717) is 4.57 Å². The fourth-order valence-electron chi connectivity index (χ4n) is 7.44. The van der Waals surface area contributed by atoms with Crippen molar-refractivity contribution in [1.82, 2.24) is 41.5 Å². The van der Waals surface area contributed by atoms with Crippen LogP contribution in [0.15, 0.2) is 21.9 Å². The molecule has 0 aromatic carbocycles. The number of carboxylic acids is 3. The molecule has 1 aromatic heterocycles. The zero-order valence-electron chi connectivity index (χ0n) is 43.2. The van der Waals surface area contributed by atoms with E-state index in [2.05, 4.69) is 46.5 Å². The summed E-state index contributed by atoms with van der Waals surface area (Å²) in [4.78, 5) is 160. The first-order valence-electron chi connectivity index (χ1n) is 24.0. The lowest BCUT2D eigenvalue weighted by Crippen LogP contribution is -2.66. The Balaban J connectivity index is 1.75. The van der Waals surface area contributed by atoms with Crippen LogP contribution in [-0.2, 0) is 79.8 Å². The second-order valence-electron chi connectivity index (χ2n) is 18.2. The largest absolute Gasteiger partial charge is 0.483 e. The summed E-state index contributed by atoms with van der Waals surface area (Å²) in [5.41, 5.74) is 1.57. The van der Waals surface area contributed by atoms with Crippen molar-refractivity contribution in [3.63, 3.8) is 0 Å². The van der Waals surface area contributed by atoms with Gasteiger partial charge in [-0.05, 0) is 47.0 Å². The molecule has 39 heteroatoms. The molecule has 19 N–H and O–H groups in total. The molecular formula is C41H66N9O28P2+. The van der Waals surface area contributed by atoms with Crippen LogP contribution in [0.25, 0.3) is 0 Å². The molecule has 18 atom stereocenters. The van der Waals surface area contributed by atoms with Gasteiger partial charge in [0.25, 0.3) is 5.56 Å². The molecule has 0 spiro atoms. The van der Waals surface area contributed by atoms with Crippen molar-refractivity contribution in [1.29, 1.82) is 0 Å². The minimum atomic E-state index is -5.98. The molecule has 80 heavy (non-hydrogen) atoms. The van der Waals surface area contributed by atoms with Crippen molar-refractivity contribution in [2.75, 3.05) is 13.2 Å². The number of nitrogens with zero attached hydrogens (tertiary/aromatic N) is 1. The van der Waals surface area contributed by atoms with Crippen molar-refractivity contribution < 1.29 is 131 Å². The highest BCUT2D eigenvalue weighted by molar-refractivity contribution is 7.61. The van der Waals surface area contributed by atoms with Gasteiger partial charge in [-0.3, -0.25) is 61.7 Å². The molecule has 2 aliphatic heterocycles. The number of phosphoric ester groups is 2. The summed E-state index contributed by atoms with van der Waals surface area (Å²) in [5, 5.41) is 83.3. The molecule has 0 bridgehead atoms. The Morgan fingerprint density at radius 3 is 1.86 bits per heavy atom. The van der Waals surface area contributed by atoms with Gasteiger partial charge >= 0.3 is 39.2 Å². The molecule has 3 rings (SSSR count). The lowest BCUT2D eigenvalue weighted by Gasteiger charge is -2.44. The van der Waals surface area contributed by atoms with Crippen LogP contribution in [0, 0.1) is 0 Å². The predicted octanol–water partition coefficient (Wildman–Crippen LogP) is -7.94. The fraction of sp³-hybridized carbons (Fsp3) is 0.683. The highest BCUT2D eigenvalue weighted by Gasteiger charge is 2.52. The molecule has 1 aromatic rings. The number of rotatable bonds is 31. The van der Waals surface area contributed by atoms with Crippen LogP contribution in [0.3, 0.4) is 0 Å². The number of aromatic nitrogens is 2. The number of aliphatic carboxylic acids is 3. The summed E-state index contributed by atoms with van der Waals surface area (Å²) in [7, 11) is -11.8. The molecule has 452 valence electrons. The average molecular weight is 1190 g/mol. The Kier molecular flexibility index (Phi) is 25.6. The maximum atomic E-state index is 13.7. The second kappa shape index (κ2) is 30.1. The van der Waals surface area contributed by atoms with Gasteiger partial charge in [0, 0.05) is 32.0 Å². The molecule has 2 saturated heterocycles. The number of hydrogen-bond donors (Lipinski definition) is 17. The zero-order chi connectivity index (χ0) is 60.7. The molecule has 0 radical (unpaired) electrons. The van der Waals surface area contributed by atoms with E-state index in [1.54, 1.807) is 0 Å². The van der Waals surface area contributed by atoms with Gasteiger partial charge in [-0.1, -0.05) is 0 Å². The van der Waals surface area contributed by atoms with E-state index in [0.717, 1.165) is 40.0 Å². The smallest absolute Gasteiger partial charge is 0.481 e. The summed E-state index contributed by atoms with van der Waals surface area (Å²) in [6, 6.07) is -9.99. The van der Waals surface area contributed by atoms with Crippen molar-refractivity contribution >= 4 is 69.0 Å². The number of amides is 6. The van der Waals surface area contributed by atoms with Crippen molar-refractivity contribution in [2.24, 2.45) is 0 Å². The van der Waals surface area contributed by atoms with Crippen molar-refractivity contribution in [3.05, 3.63) is 33.1 Å². The number of carbonyl (C=O) groups is 9. The third kappa shape index (κ3) is 20.4. The SMILES string of the molecule is CC(=O)N[C@H]1[C@H](OP(=O)(O)OP(=O)(O)OC[C@H]2O[C@@H](n3ccc(=O)[nH]c3=O)[C@H](O)[C@@H]2O)O[C@H](CO)[C@@H](O)[C@@H]1O[C@H](C)C(=O)N[C@@H](C)C(=O)N[C@H](CCC(=O)O)C(=O)N[C@@H](CCC[C@@H]([NH3+])C(=O)O)C(=O)N[C@H](C)C(=O)N[C@H](C)C(=O)O. The Hall–Kier alpha value is -6.15. The number of hydrogen-bond acceptors (Lipinski definition) is 23. The fourth-order valence-corrected chi connectivity index (χ4v) is 9.61. The lowest BCUT2D eigenvalue weighted by molar-refractivity contribution is -0.409. The summed E-state index contributed by atoms with van der Waals surface area (Å²) in [5.74, 6) is -10.6. The number of quaternary nitrogens is 1. The number of carbonyl (C=O) groups excluding carboxylic acids is 6. The molecule has 0 aliphatic carbocycles. The lowest BCUT2D eigenvalue weighted by atomic mass is 9.96. The molecular weight excluding hydrogens is 1130 g/mol. The average Bonchev–Trinajstić information content (AvgIpc) is 3.66. The molecule has 2 fully saturated rings. The van der Waals surface area contributed by atoms with Gasteiger partial charge in [-0.2, -0.15) is 4.31 Å². The summed E-state index contributed by atoms with van der Waals surface area (Å²) >= 11 is 0. The molecule has 37 nitrogen and oxygen atoms in total. The first-order chi connectivity index (χ1) is 37.1. The number of aliphatic hydroxyl groups excluding tert-OH is 4. The van der Waals surface area contributed by atoms with Crippen LogP contribution in [0.1, 0.15) is 73.0 Å². The minimum Gasteiger partial charge on any atom is -0.481 e. The Bertz CT molecular complexity index is 2630. The monoisotopic (exact) mass is 1190 g/mol. The van der Waals surface area contributed by atoms with E-state index in [-0.39, 0.29) is 19.3 Å². The highest BCUT2D eigenvalue weighted by Crippen LogP contribution is 2.61. The zero-order valence-corrected chi connectivity index (χ0v) is 45.0. The number of H-pyrrole nitrogens is 1. The number of phosphoric acid groups is 2. The number of nitrogens with one attached hydrogen (secondary N) is 7. The third-order valence-electron chi connectivity index (χ3n) is 11.8. The van der Waals surface area contributed by atoms with Crippen LogP contribution in [0.5, 0.6) is 0 Å². The van der Waals surface area contributed by atoms with Crippen LogP contribution < -0.4 is 48.9 Å². The van der Waals surface area contributed by atoms with Gasteiger partial charge in [-0.25, -0.2) is 18.7 Å². The Morgan fingerprint density at radius 2 is 1.30 bits per heavy atom. The Labute approximate surface area is 451 Å². The van der Waals surface area contributed by atoms with Gasteiger partial charge in [-0.15, -0.1) is 0 Å². The van der Waals surface area contributed by atoms with Gasteiger partial charge in [0.1, 0.15) is 79.0 Å². The van der Waals surface area contributed by atoms with E-state index >= 15 is 0 Å².